The van der Waals surface area contributed by atoms with Crippen LogP contribution in [0, 0.1) is 0 Å². The highest BCUT2D eigenvalue weighted by Crippen LogP contribution is 2.15. The van der Waals surface area contributed by atoms with E-state index in [9.17, 15) is 14.4 Å². The summed E-state index contributed by atoms with van der Waals surface area (Å²) in [6.07, 6.45) is -2.63. The van der Waals surface area contributed by atoms with E-state index in [1.54, 1.807) is 24.3 Å². The van der Waals surface area contributed by atoms with Crippen LogP contribution in [0.25, 0.3) is 0 Å². The fraction of sp³-hybridized carbons (Fsp3) is 0.250. The number of benzene rings is 1. The SMILES string of the molecule is CON1C(=O)OC(C(=O)OCc2ccccc2)C1=O. The minimum atomic E-state index is -1.60. The van der Waals surface area contributed by atoms with Crippen LogP contribution in [0.3, 0.4) is 0 Å². The minimum absolute atomic E-state index is 0.00597. The number of cyclic esters (lactones) is 1. The van der Waals surface area contributed by atoms with E-state index in [0.717, 1.165) is 12.7 Å². The maximum Gasteiger partial charge on any atom is 0.442 e. The van der Waals surface area contributed by atoms with Crippen LogP contribution >= 0.6 is 0 Å². The fourth-order valence-corrected chi connectivity index (χ4v) is 1.51. The topological polar surface area (TPSA) is 82.1 Å². The molecule has 1 aliphatic rings. The molecule has 0 saturated carbocycles. The average molecular weight is 265 g/mol. The summed E-state index contributed by atoms with van der Waals surface area (Å²) in [6.45, 7) is -0.00597. The van der Waals surface area contributed by atoms with Crippen molar-refractivity contribution in [3.8, 4) is 0 Å². The standard InChI is InChI=1S/C12H11NO6/c1-17-13-10(14)9(19-12(13)16)11(15)18-7-8-5-3-2-4-6-8/h2-6,9H,7H2,1H3. The van der Waals surface area contributed by atoms with Gasteiger partial charge >= 0.3 is 18.0 Å². The van der Waals surface area contributed by atoms with Crippen molar-refractivity contribution in [2.75, 3.05) is 7.11 Å². The Morgan fingerprint density at radius 2 is 2.00 bits per heavy atom. The summed E-state index contributed by atoms with van der Waals surface area (Å²) in [6, 6.07) is 8.92. The second-order valence-corrected chi connectivity index (χ2v) is 3.67. The Morgan fingerprint density at radius 1 is 1.32 bits per heavy atom. The van der Waals surface area contributed by atoms with Crippen LogP contribution in [0.4, 0.5) is 4.79 Å². The van der Waals surface area contributed by atoms with Gasteiger partial charge in [0.25, 0.3) is 6.10 Å². The van der Waals surface area contributed by atoms with Gasteiger partial charge in [0.1, 0.15) is 6.61 Å². The highest BCUT2D eigenvalue weighted by atomic mass is 16.8. The smallest absolute Gasteiger partial charge is 0.442 e. The second-order valence-electron chi connectivity index (χ2n) is 3.67. The zero-order valence-corrected chi connectivity index (χ0v) is 10.1. The van der Waals surface area contributed by atoms with Gasteiger partial charge in [-0.2, -0.15) is 0 Å². The molecule has 100 valence electrons. The number of hydrogen-bond acceptors (Lipinski definition) is 6. The van der Waals surface area contributed by atoms with E-state index in [1.165, 1.54) is 0 Å². The van der Waals surface area contributed by atoms with E-state index in [0.29, 0.717) is 5.06 Å². The summed E-state index contributed by atoms with van der Waals surface area (Å²) in [5.41, 5.74) is 0.760. The number of esters is 1. The van der Waals surface area contributed by atoms with Crippen LogP contribution in [0.5, 0.6) is 0 Å². The number of carbonyl (C=O) groups is 3. The molecule has 2 rings (SSSR count). The number of amides is 2. The third kappa shape index (κ3) is 2.71. The van der Waals surface area contributed by atoms with Crippen molar-refractivity contribution in [3.63, 3.8) is 0 Å². The lowest BCUT2D eigenvalue weighted by molar-refractivity contribution is -0.164. The molecule has 1 aromatic rings. The Hall–Kier alpha value is -2.41. The molecule has 0 spiro atoms. The number of rotatable bonds is 4. The van der Waals surface area contributed by atoms with Gasteiger partial charge in [-0.1, -0.05) is 30.3 Å². The first-order chi connectivity index (χ1) is 9.13. The summed E-state index contributed by atoms with van der Waals surface area (Å²) < 4.78 is 9.47. The van der Waals surface area contributed by atoms with E-state index in [4.69, 9.17) is 4.74 Å². The van der Waals surface area contributed by atoms with Crippen molar-refractivity contribution in [1.82, 2.24) is 5.06 Å². The van der Waals surface area contributed by atoms with Crippen molar-refractivity contribution in [1.29, 1.82) is 0 Å². The van der Waals surface area contributed by atoms with Crippen molar-refractivity contribution in [2.24, 2.45) is 0 Å². The molecule has 0 aliphatic carbocycles. The Balaban J connectivity index is 1.94. The van der Waals surface area contributed by atoms with Crippen LogP contribution in [-0.4, -0.2) is 36.2 Å². The third-order valence-electron chi connectivity index (χ3n) is 2.43. The Labute approximate surface area is 108 Å². The minimum Gasteiger partial charge on any atom is -0.458 e. The van der Waals surface area contributed by atoms with Gasteiger partial charge in [0.15, 0.2) is 0 Å². The first kappa shape index (κ1) is 13.0. The van der Waals surface area contributed by atoms with Gasteiger partial charge in [0, 0.05) is 0 Å². The van der Waals surface area contributed by atoms with Gasteiger partial charge in [-0.25, -0.2) is 9.59 Å². The molecule has 0 radical (unpaired) electrons. The molecule has 0 N–H and O–H groups in total. The Morgan fingerprint density at radius 3 is 2.58 bits per heavy atom. The number of hydroxylamine groups is 2. The second kappa shape index (κ2) is 5.49. The number of carbonyl (C=O) groups excluding carboxylic acids is 3. The van der Waals surface area contributed by atoms with Gasteiger partial charge < -0.3 is 9.47 Å². The largest absolute Gasteiger partial charge is 0.458 e. The van der Waals surface area contributed by atoms with Crippen LogP contribution in [0.15, 0.2) is 30.3 Å². The molecule has 1 aliphatic heterocycles. The van der Waals surface area contributed by atoms with Crippen molar-refractivity contribution in [3.05, 3.63) is 35.9 Å². The predicted molar refractivity (Wildman–Crippen MR) is 60.4 cm³/mol. The van der Waals surface area contributed by atoms with Crippen LogP contribution < -0.4 is 0 Å². The molecule has 2 amide bonds. The highest BCUT2D eigenvalue weighted by molar-refractivity contribution is 6.10. The van der Waals surface area contributed by atoms with E-state index in [1.807, 2.05) is 6.07 Å². The highest BCUT2D eigenvalue weighted by Gasteiger charge is 2.47. The normalized spacial score (nSPS) is 18.4. The third-order valence-corrected chi connectivity index (χ3v) is 2.43. The Bertz CT molecular complexity index is 500. The molecule has 1 heterocycles. The molecule has 7 nitrogen and oxygen atoms in total. The molecular weight excluding hydrogens is 254 g/mol. The van der Waals surface area contributed by atoms with Crippen molar-refractivity contribution < 1.29 is 28.7 Å². The fourth-order valence-electron chi connectivity index (χ4n) is 1.51. The summed E-state index contributed by atoms with van der Waals surface area (Å²) in [4.78, 5) is 38.8. The van der Waals surface area contributed by atoms with Crippen LogP contribution in [0.2, 0.25) is 0 Å². The lowest BCUT2D eigenvalue weighted by atomic mass is 10.2. The molecule has 1 saturated heterocycles. The lowest BCUT2D eigenvalue weighted by Crippen LogP contribution is -2.35. The van der Waals surface area contributed by atoms with E-state index in [-0.39, 0.29) is 6.61 Å². The van der Waals surface area contributed by atoms with E-state index >= 15 is 0 Å². The monoisotopic (exact) mass is 265 g/mol. The molecule has 19 heavy (non-hydrogen) atoms. The lowest BCUT2D eigenvalue weighted by Gasteiger charge is -2.08. The number of nitrogens with zero attached hydrogens (tertiary/aromatic N) is 1. The zero-order chi connectivity index (χ0) is 13.8. The predicted octanol–water partition coefficient (Wildman–Crippen LogP) is 0.639. The first-order valence-corrected chi connectivity index (χ1v) is 5.42. The maximum atomic E-state index is 11.6. The summed E-state index contributed by atoms with van der Waals surface area (Å²) in [5, 5.41) is 0.369. The maximum absolute atomic E-state index is 11.6. The van der Waals surface area contributed by atoms with Crippen LogP contribution in [-0.2, 0) is 30.5 Å². The van der Waals surface area contributed by atoms with Gasteiger partial charge in [-0.3, -0.25) is 9.63 Å². The van der Waals surface area contributed by atoms with Crippen LogP contribution in [0.1, 0.15) is 5.56 Å². The summed E-state index contributed by atoms with van der Waals surface area (Å²) >= 11 is 0. The van der Waals surface area contributed by atoms with Gasteiger partial charge in [-0.05, 0) is 5.56 Å². The summed E-state index contributed by atoms with van der Waals surface area (Å²) in [5.74, 6) is -1.83. The molecule has 7 heteroatoms. The molecule has 0 aromatic heterocycles. The molecule has 1 unspecified atom stereocenters. The summed E-state index contributed by atoms with van der Waals surface area (Å²) in [7, 11) is 1.12. The average Bonchev–Trinajstić information content (AvgIpc) is 2.72. The van der Waals surface area contributed by atoms with Crippen molar-refractivity contribution in [2.45, 2.75) is 12.7 Å². The zero-order valence-electron chi connectivity index (χ0n) is 10.1. The van der Waals surface area contributed by atoms with Gasteiger partial charge in [0.05, 0.1) is 7.11 Å². The molecule has 1 aromatic carbocycles. The molecular formula is C12H11NO6. The quantitative estimate of drug-likeness (QED) is 0.587. The van der Waals surface area contributed by atoms with Gasteiger partial charge in [0.2, 0.25) is 0 Å². The number of ether oxygens (including phenoxy) is 2. The van der Waals surface area contributed by atoms with E-state index < -0.39 is 24.1 Å². The first-order valence-electron chi connectivity index (χ1n) is 5.42. The number of hydrogen-bond donors (Lipinski definition) is 0. The molecule has 1 atom stereocenters. The van der Waals surface area contributed by atoms with Crippen molar-refractivity contribution >= 4 is 18.0 Å². The molecule has 0 bridgehead atoms. The number of imide groups is 1. The Kier molecular flexibility index (Phi) is 3.76. The van der Waals surface area contributed by atoms with Gasteiger partial charge in [-0.15, -0.1) is 5.06 Å². The molecule has 1 fully saturated rings. The van der Waals surface area contributed by atoms with E-state index in [2.05, 4.69) is 9.57 Å².